The molecule has 3 aromatic carbocycles. The summed E-state index contributed by atoms with van der Waals surface area (Å²) in [5, 5.41) is 9.77. The lowest BCUT2D eigenvalue weighted by Gasteiger charge is -2.12. The second-order valence-corrected chi connectivity index (χ2v) is 8.28. The number of carbonyl (C=O) groups excluding carboxylic acids is 2. The van der Waals surface area contributed by atoms with Crippen LogP contribution >= 0.6 is 11.6 Å². The Bertz CT molecular complexity index is 1240. The summed E-state index contributed by atoms with van der Waals surface area (Å²) in [6.07, 6.45) is 0.114. The molecule has 0 heterocycles. The number of carboxylic acids is 1. The van der Waals surface area contributed by atoms with Crippen molar-refractivity contribution in [3.63, 3.8) is 0 Å². The molecule has 0 fully saturated rings. The van der Waals surface area contributed by atoms with Crippen molar-refractivity contribution in [2.45, 2.75) is 19.3 Å². The second-order valence-electron chi connectivity index (χ2n) is 7.87. The quantitative estimate of drug-likeness (QED) is 0.168. The Hall–Kier alpha value is -4.17. The van der Waals surface area contributed by atoms with Gasteiger partial charge in [-0.1, -0.05) is 48.0 Å². The molecule has 0 bridgehead atoms. The molecule has 8 nitrogen and oxygen atoms in total. The van der Waals surface area contributed by atoms with E-state index in [1.807, 2.05) is 30.3 Å². The number of esters is 1. The summed E-state index contributed by atoms with van der Waals surface area (Å²) in [7, 11) is 0. The molecule has 9 heteroatoms. The maximum atomic E-state index is 12.6. The molecule has 0 aliphatic rings. The molecule has 0 saturated heterocycles. The fraction of sp³-hybridized carbons (Fsp3) is 0.154. The Kier molecular flexibility index (Phi) is 8.58. The SMILES string of the molecule is NC(N)=Nc1ccc(C(=O)Oc2ccc(CC(=O)C[C@@H](Cc3ccccc3)C(=O)O)c(Cl)c2)cc1. The fourth-order valence-electron chi connectivity index (χ4n) is 3.43. The Morgan fingerprint density at radius 2 is 1.66 bits per heavy atom. The van der Waals surface area contributed by atoms with Gasteiger partial charge in [0.15, 0.2) is 5.96 Å². The monoisotopic (exact) mass is 493 g/mol. The van der Waals surface area contributed by atoms with Gasteiger partial charge >= 0.3 is 11.9 Å². The first-order chi connectivity index (χ1) is 16.7. The van der Waals surface area contributed by atoms with Crippen molar-refractivity contribution in [1.82, 2.24) is 0 Å². The molecule has 180 valence electrons. The van der Waals surface area contributed by atoms with Crippen molar-refractivity contribution in [1.29, 1.82) is 0 Å². The number of halogens is 1. The number of ether oxygens (including phenoxy) is 1. The first kappa shape index (κ1) is 25.5. The van der Waals surface area contributed by atoms with Gasteiger partial charge in [0.25, 0.3) is 0 Å². The molecule has 0 amide bonds. The minimum atomic E-state index is -1.03. The molecule has 0 unspecified atom stereocenters. The van der Waals surface area contributed by atoms with Gasteiger partial charge in [0.1, 0.15) is 11.5 Å². The van der Waals surface area contributed by atoms with Crippen LogP contribution in [-0.2, 0) is 22.4 Å². The third-order valence-electron chi connectivity index (χ3n) is 5.13. The number of carboxylic acid groups (broad SMARTS) is 1. The summed E-state index contributed by atoms with van der Waals surface area (Å²) in [4.78, 5) is 40.5. The van der Waals surface area contributed by atoms with E-state index in [-0.39, 0.29) is 47.3 Å². The summed E-state index contributed by atoms with van der Waals surface area (Å²) >= 11 is 6.30. The molecule has 0 aliphatic heterocycles. The van der Waals surface area contributed by atoms with Crippen LogP contribution in [0.1, 0.15) is 27.9 Å². The minimum absolute atomic E-state index is 0.0299. The van der Waals surface area contributed by atoms with E-state index >= 15 is 0 Å². The number of Topliss-reactive ketones (excluding diaryl/α,β-unsaturated/α-hetero) is 1. The average molecular weight is 494 g/mol. The van der Waals surface area contributed by atoms with Gasteiger partial charge in [-0.25, -0.2) is 9.79 Å². The van der Waals surface area contributed by atoms with Gasteiger partial charge in [-0.15, -0.1) is 0 Å². The van der Waals surface area contributed by atoms with Gasteiger partial charge < -0.3 is 21.3 Å². The van der Waals surface area contributed by atoms with E-state index in [9.17, 15) is 19.5 Å². The van der Waals surface area contributed by atoms with E-state index in [1.165, 1.54) is 24.3 Å². The Balaban J connectivity index is 1.61. The Labute approximate surface area is 207 Å². The Morgan fingerprint density at radius 1 is 0.971 bits per heavy atom. The van der Waals surface area contributed by atoms with Crippen LogP contribution in [0.5, 0.6) is 5.75 Å². The minimum Gasteiger partial charge on any atom is -0.481 e. The van der Waals surface area contributed by atoms with Gasteiger partial charge in [-0.05, 0) is 53.9 Å². The molecule has 35 heavy (non-hydrogen) atoms. The van der Waals surface area contributed by atoms with Crippen molar-refractivity contribution in [3.8, 4) is 5.75 Å². The molecule has 0 spiro atoms. The van der Waals surface area contributed by atoms with E-state index < -0.39 is 17.9 Å². The highest BCUT2D eigenvalue weighted by Crippen LogP contribution is 2.25. The van der Waals surface area contributed by atoms with Crippen LogP contribution in [0.25, 0.3) is 0 Å². The van der Waals surface area contributed by atoms with Crippen LogP contribution in [0.15, 0.2) is 77.8 Å². The molecule has 1 atom stereocenters. The summed E-state index contributed by atoms with van der Waals surface area (Å²) in [6.45, 7) is 0. The van der Waals surface area contributed by atoms with Crippen LogP contribution in [0, 0.1) is 5.92 Å². The van der Waals surface area contributed by atoms with E-state index in [1.54, 1.807) is 18.2 Å². The molecule has 0 aromatic heterocycles. The second kappa shape index (κ2) is 11.8. The van der Waals surface area contributed by atoms with Gasteiger partial charge in [-0.2, -0.15) is 0 Å². The van der Waals surface area contributed by atoms with Crippen LogP contribution < -0.4 is 16.2 Å². The zero-order valence-corrected chi connectivity index (χ0v) is 19.4. The number of ketones is 1. The third-order valence-corrected chi connectivity index (χ3v) is 5.48. The van der Waals surface area contributed by atoms with Crippen molar-refractivity contribution in [2.24, 2.45) is 22.4 Å². The number of aliphatic imine (C=N–C) groups is 1. The molecule has 5 N–H and O–H groups in total. The first-order valence-electron chi connectivity index (χ1n) is 10.7. The number of hydrogen-bond donors (Lipinski definition) is 3. The predicted molar refractivity (Wildman–Crippen MR) is 133 cm³/mol. The number of guanidine groups is 1. The van der Waals surface area contributed by atoms with E-state index in [0.717, 1.165) is 5.56 Å². The van der Waals surface area contributed by atoms with Gasteiger partial charge in [0, 0.05) is 17.9 Å². The fourth-order valence-corrected chi connectivity index (χ4v) is 3.66. The standard InChI is InChI=1S/C26H24ClN3O5/c27-23-15-22(35-25(34)17-6-9-20(10-7-17)30-26(28)29)11-8-18(23)13-21(31)14-19(24(32)33)12-16-4-2-1-3-5-16/h1-11,15,19H,12-14H2,(H,32,33)(H4,28,29,30)/t19-/m1/s1. The summed E-state index contributed by atoms with van der Waals surface area (Å²) in [6, 6.07) is 19.9. The number of rotatable bonds is 10. The van der Waals surface area contributed by atoms with Gasteiger partial charge in [0.2, 0.25) is 0 Å². The molecule has 3 aromatic rings. The highest BCUT2D eigenvalue weighted by molar-refractivity contribution is 6.31. The largest absolute Gasteiger partial charge is 0.481 e. The first-order valence-corrected chi connectivity index (χ1v) is 11.1. The zero-order chi connectivity index (χ0) is 25.4. The topological polar surface area (TPSA) is 145 Å². The number of nitrogens with zero attached hydrogens (tertiary/aromatic N) is 1. The number of hydrogen-bond acceptors (Lipinski definition) is 5. The molecule has 3 rings (SSSR count). The number of carbonyl (C=O) groups is 3. The van der Waals surface area contributed by atoms with Crippen molar-refractivity contribution < 1.29 is 24.2 Å². The molecule has 0 radical (unpaired) electrons. The normalized spacial score (nSPS) is 11.3. The average Bonchev–Trinajstić information content (AvgIpc) is 2.81. The lowest BCUT2D eigenvalue weighted by molar-refractivity contribution is -0.143. The summed E-state index contributed by atoms with van der Waals surface area (Å²) in [5.41, 5.74) is 12.8. The maximum absolute atomic E-state index is 12.6. The van der Waals surface area contributed by atoms with E-state index in [2.05, 4.69) is 4.99 Å². The molecular weight excluding hydrogens is 470 g/mol. The van der Waals surface area contributed by atoms with E-state index in [0.29, 0.717) is 11.3 Å². The summed E-state index contributed by atoms with van der Waals surface area (Å²) < 4.78 is 5.35. The van der Waals surface area contributed by atoms with Crippen molar-refractivity contribution in [2.75, 3.05) is 0 Å². The molecule has 0 saturated carbocycles. The number of aliphatic carboxylic acids is 1. The zero-order valence-electron chi connectivity index (χ0n) is 18.7. The third kappa shape index (κ3) is 7.68. The smallest absolute Gasteiger partial charge is 0.343 e. The highest BCUT2D eigenvalue weighted by atomic mass is 35.5. The highest BCUT2D eigenvalue weighted by Gasteiger charge is 2.22. The Morgan fingerprint density at radius 3 is 2.26 bits per heavy atom. The molecule has 0 aliphatic carbocycles. The maximum Gasteiger partial charge on any atom is 0.343 e. The van der Waals surface area contributed by atoms with Crippen LogP contribution in [0.4, 0.5) is 5.69 Å². The lowest BCUT2D eigenvalue weighted by atomic mass is 9.92. The lowest BCUT2D eigenvalue weighted by Crippen LogP contribution is -2.21. The number of nitrogens with two attached hydrogens (primary N) is 2. The number of benzene rings is 3. The van der Waals surface area contributed by atoms with Crippen LogP contribution in [-0.4, -0.2) is 28.8 Å². The van der Waals surface area contributed by atoms with Crippen LogP contribution in [0.3, 0.4) is 0 Å². The molecular formula is C26H24ClN3O5. The van der Waals surface area contributed by atoms with Crippen molar-refractivity contribution >= 4 is 41.0 Å². The van der Waals surface area contributed by atoms with Gasteiger partial charge in [-0.3, -0.25) is 9.59 Å². The predicted octanol–water partition coefficient (Wildman–Crippen LogP) is 3.91. The van der Waals surface area contributed by atoms with Crippen molar-refractivity contribution in [3.05, 3.63) is 94.5 Å². The van der Waals surface area contributed by atoms with Gasteiger partial charge in [0.05, 0.1) is 17.2 Å². The van der Waals surface area contributed by atoms with E-state index in [4.69, 9.17) is 27.8 Å². The summed E-state index contributed by atoms with van der Waals surface area (Å²) in [5.74, 6) is -2.60. The van der Waals surface area contributed by atoms with Crippen LogP contribution in [0.2, 0.25) is 5.02 Å².